The Bertz CT molecular complexity index is 706. The second kappa shape index (κ2) is 6.66. The summed E-state index contributed by atoms with van der Waals surface area (Å²) in [5, 5.41) is 20.5. The number of benzene rings is 1. The number of aliphatic hydroxyl groups is 1. The predicted octanol–water partition coefficient (Wildman–Crippen LogP) is 1.34. The van der Waals surface area contributed by atoms with Crippen molar-refractivity contribution in [3.8, 4) is 0 Å². The Kier molecular flexibility index (Phi) is 4.61. The van der Waals surface area contributed by atoms with E-state index in [4.69, 9.17) is 16.3 Å². The molecule has 0 unspecified atom stereocenters. The lowest BCUT2D eigenvalue weighted by Crippen LogP contribution is -2.49. The summed E-state index contributed by atoms with van der Waals surface area (Å²) >= 11 is 6.30. The lowest BCUT2D eigenvalue weighted by molar-refractivity contribution is -0.0812. The minimum atomic E-state index is -0.542. The Balaban J connectivity index is 2.01. The Hall–Kier alpha value is -1.96. The number of carbonyl (C=O) groups is 1. The van der Waals surface area contributed by atoms with Crippen LogP contribution in [0.5, 0.6) is 0 Å². The molecule has 3 rings (SSSR count). The summed E-state index contributed by atoms with van der Waals surface area (Å²) in [7, 11) is 0. The molecule has 2 N–H and O–H groups in total. The SMILES string of the molecule is Cc1n[nH]nc1C(=O)N1CCO[C@@H](CO)[C@@H]1c1ccccc1Cl. The molecule has 7 nitrogen and oxygen atoms in total. The van der Waals surface area contributed by atoms with Crippen LogP contribution in [0.1, 0.15) is 27.8 Å². The fourth-order valence-corrected chi connectivity index (χ4v) is 3.07. The molecule has 1 aliphatic rings. The van der Waals surface area contributed by atoms with E-state index < -0.39 is 12.1 Å². The van der Waals surface area contributed by atoms with Gasteiger partial charge in [0, 0.05) is 11.6 Å². The summed E-state index contributed by atoms with van der Waals surface area (Å²) in [6.07, 6.45) is -0.542. The number of halogens is 1. The fraction of sp³-hybridized carbons (Fsp3) is 0.400. The molecule has 23 heavy (non-hydrogen) atoms. The van der Waals surface area contributed by atoms with Crippen molar-refractivity contribution < 1.29 is 14.6 Å². The molecule has 1 amide bonds. The van der Waals surface area contributed by atoms with Gasteiger partial charge in [-0.3, -0.25) is 4.79 Å². The smallest absolute Gasteiger partial charge is 0.277 e. The molecule has 0 aliphatic carbocycles. The van der Waals surface area contributed by atoms with Crippen LogP contribution in [-0.2, 0) is 4.74 Å². The summed E-state index contributed by atoms with van der Waals surface area (Å²) in [5.74, 6) is -0.261. The molecule has 122 valence electrons. The van der Waals surface area contributed by atoms with Crippen LogP contribution >= 0.6 is 11.6 Å². The molecule has 0 saturated carbocycles. The van der Waals surface area contributed by atoms with Gasteiger partial charge in [-0.15, -0.1) is 0 Å². The van der Waals surface area contributed by atoms with Gasteiger partial charge in [0.05, 0.1) is 24.9 Å². The van der Waals surface area contributed by atoms with Gasteiger partial charge in [-0.1, -0.05) is 29.8 Å². The number of aliphatic hydroxyl groups excluding tert-OH is 1. The first kappa shape index (κ1) is 15.9. The number of nitrogens with zero attached hydrogens (tertiary/aromatic N) is 3. The molecule has 0 spiro atoms. The number of aromatic amines is 1. The summed E-state index contributed by atoms with van der Waals surface area (Å²) in [6, 6.07) is 6.77. The normalized spacial score (nSPS) is 21.4. The quantitative estimate of drug-likeness (QED) is 0.882. The molecule has 1 fully saturated rings. The molecule has 1 aliphatic heterocycles. The zero-order valence-corrected chi connectivity index (χ0v) is 13.3. The van der Waals surface area contributed by atoms with Gasteiger partial charge in [-0.25, -0.2) is 0 Å². The molecular formula is C15H17ClN4O3. The van der Waals surface area contributed by atoms with Crippen molar-refractivity contribution >= 4 is 17.5 Å². The number of carbonyl (C=O) groups excluding carboxylic acids is 1. The highest BCUT2D eigenvalue weighted by Crippen LogP contribution is 2.34. The maximum absolute atomic E-state index is 12.9. The van der Waals surface area contributed by atoms with Crippen molar-refractivity contribution in [3.05, 3.63) is 46.2 Å². The first-order valence-electron chi connectivity index (χ1n) is 7.28. The predicted molar refractivity (Wildman–Crippen MR) is 83.2 cm³/mol. The summed E-state index contributed by atoms with van der Waals surface area (Å²) in [5.41, 5.74) is 1.53. The molecule has 1 saturated heterocycles. The topological polar surface area (TPSA) is 91.3 Å². The van der Waals surface area contributed by atoms with Crippen LogP contribution in [0.3, 0.4) is 0 Å². The maximum Gasteiger partial charge on any atom is 0.277 e. The van der Waals surface area contributed by atoms with Crippen molar-refractivity contribution in [2.24, 2.45) is 0 Å². The van der Waals surface area contributed by atoms with Gasteiger partial charge < -0.3 is 14.7 Å². The molecule has 8 heteroatoms. The standard InChI is InChI=1S/C15H17ClN4O3/c1-9-13(18-19-17-9)15(22)20-6-7-23-12(8-21)14(20)10-4-2-3-5-11(10)16/h2-5,12,14,21H,6-8H2,1H3,(H,17,18,19)/t12-,14-/m0/s1. The molecule has 0 bridgehead atoms. The Morgan fingerprint density at radius 1 is 1.48 bits per heavy atom. The minimum absolute atomic E-state index is 0.211. The largest absolute Gasteiger partial charge is 0.394 e. The third-order valence-corrected chi connectivity index (χ3v) is 4.29. The van der Waals surface area contributed by atoms with E-state index in [1.54, 1.807) is 17.9 Å². The van der Waals surface area contributed by atoms with Gasteiger partial charge in [-0.2, -0.15) is 15.4 Å². The van der Waals surface area contributed by atoms with Crippen molar-refractivity contribution in [2.45, 2.75) is 19.1 Å². The van der Waals surface area contributed by atoms with E-state index >= 15 is 0 Å². The fourth-order valence-electron chi connectivity index (χ4n) is 2.82. The maximum atomic E-state index is 12.9. The highest BCUT2D eigenvalue weighted by atomic mass is 35.5. The van der Waals surface area contributed by atoms with E-state index in [0.29, 0.717) is 23.9 Å². The molecule has 2 atom stereocenters. The van der Waals surface area contributed by atoms with Gasteiger partial charge in [0.15, 0.2) is 5.69 Å². The van der Waals surface area contributed by atoms with E-state index in [2.05, 4.69) is 15.4 Å². The summed E-state index contributed by atoms with van der Waals surface area (Å²) in [6.45, 7) is 2.23. The van der Waals surface area contributed by atoms with E-state index in [0.717, 1.165) is 5.56 Å². The molecule has 2 heterocycles. The van der Waals surface area contributed by atoms with Gasteiger partial charge >= 0.3 is 0 Å². The number of amides is 1. The molecular weight excluding hydrogens is 320 g/mol. The monoisotopic (exact) mass is 336 g/mol. The second-order valence-corrected chi connectivity index (χ2v) is 5.72. The Morgan fingerprint density at radius 3 is 2.91 bits per heavy atom. The average Bonchev–Trinajstić information content (AvgIpc) is 3.00. The Labute approximate surface area is 138 Å². The van der Waals surface area contributed by atoms with E-state index in [1.807, 2.05) is 18.2 Å². The van der Waals surface area contributed by atoms with Crippen LogP contribution in [0, 0.1) is 6.92 Å². The number of H-pyrrole nitrogens is 1. The van der Waals surface area contributed by atoms with Crippen LogP contribution in [0.15, 0.2) is 24.3 Å². The van der Waals surface area contributed by atoms with Crippen LogP contribution in [-0.4, -0.2) is 57.2 Å². The molecule has 1 aromatic heterocycles. The Morgan fingerprint density at radius 2 is 2.26 bits per heavy atom. The summed E-state index contributed by atoms with van der Waals surface area (Å²) < 4.78 is 5.63. The van der Waals surface area contributed by atoms with E-state index in [1.165, 1.54) is 0 Å². The van der Waals surface area contributed by atoms with Crippen LogP contribution < -0.4 is 0 Å². The number of rotatable bonds is 3. The molecule has 1 aromatic carbocycles. The number of hydrogen-bond donors (Lipinski definition) is 2. The lowest BCUT2D eigenvalue weighted by atomic mass is 9.97. The van der Waals surface area contributed by atoms with Crippen molar-refractivity contribution in [1.82, 2.24) is 20.3 Å². The van der Waals surface area contributed by atoms with Gasteiger partial charge in [0.1, 0.15) is 6.10 Å². The number of aryl methyl sites for hydroxylation is 1. The summed E-state index contributed by atoms with van der Waals surface area (Å²) in [4.78, 5) is 14.5. The first-order chi connectivity index (χ1) is 11.1. The third-order valence-electron chi connectivity index (χ3n) is 3.94. The van der Waals surface area contributed by atoms with Gasteiger partial charge in [0.25, 0.3) is 5.91 Å². The second-order valence-electron chi connectivity index (χ2n) is 5.31. The number of nitrogens with one attached hydrogen (secondary N) is 1. The van der Waals surface area contributed by atoms with Crippen LogP contribution in [0.2, 0.25) is 5.02 Å². The van der Waals surface area contributed by atoms with Crippen LogP contribution in [0.25, 0.3) is 0 Å². The van der Waals surface area contributed by atoms with Crippen molar-refractivity contribution in [2.75, 3.05) is 19.8 Å². The van der Waals surface area contributed by atoms with Crippen LogP contribution in [0.4, 0.5) is 0 Å². The number of morpholine rings is 1. The molecule has 0 radical (unpaired) electrons. The highest BCUT2D eigenvalue weighted by Gasteiger charge is 2.38. The van der Waals surface area contributed by atoms with Crippen molar-refractivity contribution in [1.29, 1.82) is 0 Å². The number of aromatic nitrogens is 3. The van der Waals surface area contributed by atoms with E-state index in [-0.39, 0.29) is 18.2 Å². The van der Waals surface area contributed by atoms with Gasteiger partial charge in [-0.05, 0) is 18.6 Å². The third kappa shape index (κ3) is 2.95. The number of ether oxygens (including phenoxy) is 1. The first-order valence-corrected chi connectivity index (χ1v) is 7.66. The highest BCUT2D eigenvalue weighted by molar-refractivity contribution is 6.31. The number of hydrogen-bond acceptors (Lipinski definition) is 5. The van der Waals surface area contributed by atoms with Crippen molar-refractivity contribution in [3.63, 3.8) is 0 Å². The lowest BCUT2D eigenvalue weighted by Gasteiger charge is -2.40. The zero-order chi connectivity index (χ0) is 16.4. The van der Waals surface area contributed by atoms with E-state index in [9.17, 15) is 9.90 Å². The molecule has 2 aromatic rings. The van der Waals surface area contributed by atoms with Gasteiger partial charge in [0.2, 0.25) is 0 Å². The average molecular weight is 337 g/mol. The minimum Gasteiger partial charge on any atom is -0.394 e. The zero-order valence-electron chi connectivity index (χ0n) is 12.6.